The van der Waals surface area contributed by atoms with E-state index in [0.29, 0.717) is 13.1 Å². The Morgan fingerprint density at radius 3 is 2.46 bits per heavy atom. The molecule has 0 spiro atoms. The number of piperazine rings is 1. The third-order valence-electron chi connectivity index (χ3n) is 5.76. The molecule has 2 aliphatic rings. The lowest BCUT2D eigenvalue weighted by Crippen LogP contribution is -2.62. The van der Waals surface area contributed by atoms with Crippen LogP contribution in [-0.4, -0.2) is 53.5 Å². The van der Waals surface area contributed by atoms with E-state index in [2.05, 4.69) is 29.3 Å². The molecule has 1 aromatic carbocycles. The van der Waals surface area contributed by atoms with Gasteiger partial charge in [-0.05, 0) is 25.3 Å². The molecule has 2 atom stereocenters. The van der Waals surface area contributed by atoms with E-state index >= 15 is 0 Å². The van der Waals surface area contributed by atoms with E-state index in [0.717, 1.165) is 32.2 Å². The Labute approximate surface area is 155 Å². The van der Waals surface area contributed by atoms with Crippen LogP contribution in [-0.2, 0) is 4.79 Å². The second-order valence-corrected chi connectivity index (χ2v) is 7.48. The molecule has 1 saturated carbocycles. The fourth-order valence-electron chi connectivity index (χ4n) is 4.09. The van der Waals surface area contributed by atoms with E-state index in [9.17, 15) is 9.59 Å². The highest BCUT2D eigenvalue weighted by Crippen LogP contribution is 2.24. The smallest absolute Gasteiger partial charge is 0.318 e. The van der Waals surface area contributed by atoms with E-state index in [4.69, 9.17) is 5.73 Å². The number of nitrogens with one attached hydrogen (secondary N) is 1. The molecule has 3 amide bonds. The molecule has 3 N–H and O–H groups in total. The van der Waals surface area contributed by atoms with Crippen LogP contribution in [0.4, 0.5) is 4.79 Å². The number of carbonyl (C=O) groups excluding carboxylic acids is 2. The Morgan fingerprint density at radius 2 is 1.81 bits per heavy atom. The summed E-state index contributed by atoms with van der Waals surface area (Å²) in [5.74, 6) is -0.436. The first-order chi connectivity index (χ1) is 12.6. The zero-order chi connectivity index (χ0) is 18.5. The first kappa shape index (κ1) is 18.7. The molecule has 1 unspecified atom stereocenters. The van der Waals surface area contributed by atoms with Crippen molar-refractivity contribution in [1.29, 1.82) is 0 Å². The highest BCUT2D eigenvalue weighted by molar-refractivity contribution is 5.86. The predicted molar refractivity (Wildman–Crippen MR) is 102 cm³/mol. The lowest BCUT2D eigenvalue weighted by atomic mass is 9.95. The van der Waals surface area contributed by atoms with Crippen LogP contribution in [0.25, 0.3) is 0 Å². The number of hydrogen-bond acceptors (Lipinski definition) is 3. The van der Waals surface area contributed by atoms with Crippen LogP contribution < -0.4 is 11.1 Å². The molecule has 1 heterocycles. The average molecular weight is 358 g/mol. The first-order valence-electron chi connectivity index (χ1n) is 9.71. The fraction of sp³-hybridized carbons (Fsp3) is 0.600. The lowest BCUT2D eigenvalue weighted by molar-refractivity contribution is -0.124. The topological polar surface area (TPSA) is 78.7 Å². The second kappa shape index (κ2) is 8.54. The Hall–Kier alpha value is -2.08. The standard InChI is InChI=1S/C20H30N4O2/c1-15(16-8-4-2-5-9-16)23-12-13-24(18(14-23)19(21)25)20(26)22-17-10-6-3-7-11-17/h2,4-5,8-9,15,17-18H,3,6-7,10-14H2,1H3,(H2,21,25)(H,22,26)/t15?,18-/m1/s1. The maximum Gasteiger partial charge on any atom is 0.318 e. The molecule has 6 heteroatoms. The molecule has 0 bridgehead atoms. The van der Waals surface area contributed by atoms with Gasteiger partial charge < -0.3 is 16.0 Å². The van der Waals surface area contributed by atoms with Gasteiger partial charge in [-0.25, -0.2) is 4.79 Å². The molecule has 1 aromatic rings. The molecule has 142 valence electrons. The van der Waals surface area contributed by atoms with Crippen LogP contribution in [0.2, 0.25) is 0 Å². The Bertz CT molecular complexity index is 615. The number of urea groups is 1. The van der Waals surface area contributed by atoms with Gasteiger partial charge in [0.2, 0.25) is 5.91 Å². The number of primary amides is 1. The summed E-state index contributed by atoms with van der Waals surface area (Å²) in [6, 6.07) is 9.89. The minimum absolute atomic E-state index is 0.146. The second-order valence-electron chi connectivity index (χ2n) is 7.48. The molecule has 0 aromatic heterocycles. The number of carbonyl (C=O) groups is 2. The minimum Gasteiger partial charge on any atom is -0.368 e. The van der Waals surface area contributed by atoms with Gasteiger partial charge in [0.15, 0.2) is 0 Å². The van der Waals surface area contributed by atoms with Crippen molar-refractivity contribution >= 4 is 11.9 Å². The summed E-state index contributed by atoms with van der Waals surface area (Å²) in [5, 5.41) is 3.11. The van der Waals surface area contributed by atoms with E-state index in [1.807, 2.05) is 18.2 Å². The summed E-state index contributed by atoms with van der Waals surface area (Å²) in [5.41, 5.74) is 6.85. The van der Waals surface area contributed by atoms with Crippen LogP contribution in [0.1, 0.15) is 50.6 Å². The molecule has 1 aliphatic carbocycles. The molecule has 6 nitrogen and oxygen atoms in total. The van der Waals surface area contributed by atoms with Gasteiger partial charge in [-0.2, -0.15) is 0 Å². The quantitative estimate of drug-likeness (QED) is 0.866. The van der Waals surface area contributed by atoms with Crippen LogP contribution in [0, 0.1) is 0 Å². The molecule has 2 fully saturated rings. The summed E-state index contributed by atoms with van der Waals surface area (Å²) < 4.78 is 0. The number of nitrogens with zero attached hydrogens (tertiary/aromatic N) is 2. The van der Waals surface area contributed by atoms with Gasteiger partial charge in [0.05, 0.1) is 0 Å². The van der Waals surface area contributed by atoms with Crippen LogP contribution in [0.3, 0.4) is 0 Å². The Morgan fingerprint density at radius 1 is 1.12 bits per heavy atom. The molecule has 26 heavy (non-hydrogen) atoms. The minimum atomic E-state index is -0.585. The molecule has 3 rings (SSSR count). The maximum absolute atomic E-state index is 12.7. The zero-order valence-corrected chi connectivity index (χ0v) is 15.6. The predicted octanol–water partition coefficient (Wildman–Crippen LogP) is 2.26. The number of rotatable bonds is 4. The summed E-state index contributed by atoms with van der Waals surface area (Å²) in [7, 11) is 0. The lowest BCUT2D eigenvalue weighted by Gasteiger charge is -2.43. The van der Waals surface area contributed by atoms with Crippen LogP contribution in [0.5, 0.6) is 0 Å². The zero-order valence-electron chi connectivity index (χ0n) is 15.6. The Kier molecular flexibility index (Phi) is 6.14. The van der Waals surface area contributed by atoms with Gasteiger partial charge in [-0.3, -0.25) is 9.69 Å². The molecular formula is C20H30N4O2. The van der Waals surface area contributed by atoms with Gasteiger partial charge in [0, 0.05) is 31.7 Å². The number of nitrogens with two attached hydrogens (primary N) is 1. The van der Waals surface area contributed by atoms with Crippen molar-refractivity contribution < 1.29 is 9.59 Å². The summed E-state index contributed by atoms with van der Waals surface area (Å²) >= 11 is 0. The van der Waals surface area contributed by atoms with Gasteiger partial charge >= 0.3 is 6.03 Å². The van der Waals surface area contributed by atoms with Crippen molar-refractivity contribution in [3.63, 3.8) is 0 Å². The van der Waals surface area contributed by atoms with Gasteiger partial charge in [-0.15, -0.1) is 0 Å². The van der Waals surface area contributed by atoms with Gasteiger partial charge in [0.25, 0.3) is 0 Å². The van der Waals surface area contributed by atoms with Crippen molar-refractivity contribution in [3.05, 3.63) is 35.9 Å². The number of amides is 3. The molecule has 1 aliphatic heterocycles. The highest BCUT2D eigenvalue weighted by Gasteiger charge is 2.36. The van der Waals surface area contributed by atoms with Crippen molar-refractivity contribution in [2.45, 2.75) is 57.2 Å². The van der Waals surface area contributed by atoms with Gasteiger partial charge in [-0.1, -0.05) is 49.6 Å². The van der Waals surface area contributed by atoms with Crippen molar-refractivity contribution in [2.75, 3.05) is 19.6 Å². The summed E-state index contributed by atoms with van der Waals surface area (Å²) in [6.07, 6.45) is 5.61. The number of benzene rings is 1. The molecule has 0 radical (unpaired) electrons. The number of hydrogen-bond donors (Lipinski definition) is 2. The SMILES string of the molecule is CC(c1ccccc1)N1CCN(C(=O)NC2CCCCC2)[C@@H](C(N)=O)C1. The molecule has 1 saturated heterocycles. The fourth-order valence-corrected chi connectivity index (χ4v) is 4.09. The average Bonchev–Trinajstić information content (AvgIpc) is 2.68. The maximum atomic E-state index is 12.7. The van der Waals surface area contributed by atoms with E-state index in [1.54, 1.807) is 4.90 Å². The third-order valence-corrected chi connectivity index (χ3v) is 5.76. The third kappa shape index (κ3) is 4.36. The molecular weight excluding hydrogens is 328 g/mol. The monoisotopic (exact) mass is 358 g/mol. The van der Waals surface area contributed by atoms with Crippen molar-refractivity contribution in [3.8, 4) is 0 Å². The largest absolute Gasteiger partial charge is 0.368 e. The highest BCUT2D eigenvalue weighted by atomic mass is 16.2. The van der Waals surface area contributed by atoms with E-state index in [1.165, 1.54) is 12.0 Å². The van der Waals surface area contributed by atoms with Gasteiger partial charge in [0.1, 0.15) is 6.04 Å². The van der Waals surface area contributed by atoms with Crippen LogP contribution >= 0.6 is 0 Å². The summed E-state index contributed by atoms with van der Waals surface area (Å²) in [6.45, 7) is 3.86. The van der Waals surface area contributed by atoms with Crippen LogP contribution in [0.15, 0.2) is 30.3 Å². The van der Waals surface area contributed by atoms with E-state index < -0.39 is 11.9 Å². The van der Waals surface area contributed by atoms with Crippen molar-refractivity contribution in [1.82, 2.24) is 15.1 Å². The van der Waals surface area contributed by atoms with Crippen molar-refractivity contribution in [2.24, 2.45) is 5.73 Å². The summed E-state index contributed by atoms with van der Waals surface area (Å²) in [4.78, 5) is 28.6. The van der Waals surface area contributed by atoms with E-state index in [-0.39, 0.29) is 18.1 Å². The first-order valence-corrected chi connectivity index (χ1v) is 9.71. The Balaban J connectivity index is 1.64. The normalized spacial score (nSPS) is 23.4.